The Labute approximate surface area is 161 Å². The summed E-state index contributed by atoms with van der Waals surface area (Å²) in [7, 11) is 0. The standard InChI is InChI=1S/C14H26N4O6S2/c1-7(11(20)17-9(14(23)24)3-4-26-2)16-13(22)10(6-25)18-12(21)8(15)5-19/h7-10,19,25H,3-6,15H2,1-2H3,(H,16,22)(H,17,20)(H,18,21)(H,23,24). The van der Waals surface area contributed by atoms with E-state index in [0.717, 1.165) is 0 Å². The molecule has 0 aliphatic carbocycles. The highest BCUT2D eigenvalue weighted by Gasteiger charge is 2.27. The number of thiol groups is 1. The van der Waals surface area contributed by atoms with E-state index in [-0.39, 0.29) is 12.2 Å². The third kappa shape index (κ3) is 8.74. The molecule has 0 spiro atoms. The van der Waals surface area contributed by atoms with E-state index in [1.54, 1.807) is 0 Å². The van der Waals surface area contributed by atoms with Crippen molar-refractivity contribution in [1.82, 2.24) is 16.0 Å². The summed E-state index contributed by atoms with van der Waals surface area (Å²) >= 11 is 5.41. The van der Waals surface area contributed by atoms with Crippen LogP contribution in [-0.4, -0.2) is 82.4 Å². The van der Waals surface area contributed by atoms with Gasteiger partial charge in [0, 0.05) is 5.75 Å². The van der Waals surface area contributed by atoms with Gasteiger partial charge in [0.05, 0.1) is 6.61 Å². The maximum atomic E-state index is 12.1. The molecule has 0 aliphatic heterocycles. The number of aliphatic hydroxyl groups is 1. The van der Waals surface area contributed by atoms with Crippen molar-refractivity contribution in [3.63, 3.8) is 0 Å². The number of carboxylic acid groups (broad SMARTS) is 1. The number of thioether (sulfide) groups is 1. The van der Waals surface area contributed by atoms with E-state index in [0.29, 0.717) is 5.75 Å². The summed E-state index contributed by atoms with van der Waals surface area (Å²) in [5.41, 5.74) is 5.35. The number of carbonyl (C=O) groups is 4. The van der Waals surface area contributed by atoms with Crippen molar-refractivity contribution in [2.75, 3.05) is 24.4 Å². The van der Waals surface area contributed by atoms with Gasteiger partial charge in [0.2, 0.25) is 17.7 Å². The fraction of sp³-hybridized carbons (Fsp3) is 0.714. The number of nitrogens with two attached hydrogens (primary N) is 1. The SMILES string of the molecule is CSCCC(NC(=O)C(C)NC(=O)C(CS)NC(=O)C(N)CO)C(=O)O. The molecular formula is C14H26N4O6S2. The molecule has 0 rings (SSSR count). The van der Waals surface area contributed by atoms with Crippen molar-refractivity contribution >= 4 is 48.1 Å². The predicted octanol–water partition coefficient (Wildman–Crippen LogP) is -2.45. The van der Waals surface area contributed by atoms with Crippen LogP contribution in [-0.2, 0) is 19.2 Å². The van der Waals surface area contributed by atoms with Crippen molar-refractivity contribution in [1.29, 1.82) is 0 Å². The van der Waals surface area contributed by atoms with E-state index < -0.39 is 54.5 Å². The molecule has 7 N–H and O–H groups in total. The van der Waals surface area contributed by atoms with Crippen LogP contribution in [0.4, 0.5) is 0 Å². The molecule has 0 bridgehead atoms. The minimum Gasteiger partial charge on any atom is -0.480 e. The topological polar surface area (TPSA) is 171 Å². The number of nitrogens with one attached hydrogen (secondary N) is 3. The van der Waals surface area contributed by atoms with Crippen LogP contribution in [0.15, 0.2) is 0 Å². The molecule has 0 radical (unpaired) electrons. The Kier molecular flexibility index (Phi) is 12.1. The van der Waals surface area contributed by atoms with Crippen molar-refractivity contribution in [2.45, 2.75) is 37.5 Å². The molecule has 4 unspecified atom stereocenters. The molecule has 12 heteroatoms. The molecule has 3 amide bonds. The summed E-state index contributed by atoms with van der Waals surface area (Å²) in [6, 6.07) is -4.33. The van der Waals surface area contributed by atoms with Crippen molar-refractivity contribution in [3.05, 3.63) is 0 Å². The molecular weight excluding hydrogens is 384 g/mol. The molecule has 0 saturated heterocycles. The van der Waals surface area contributed by atoms with Crippen LogP contribution in [0.1, 0.15) is 13.3 Å². The highest BCUT2D eigenvalue weighted by atomic mass is 32.2. The minimum atomic E-state index is -1.18. The average molecular weight is 411 g/mol. The first-order valence-electron chi connectivity index (χ1n) is 7.78. The first-order chi connectivity index (χ1) is 12.2. The molecule has 4 atom stereocenters. The van der Waals surface area contributed by atoms with Gasteiger partial charge in [-0.25, -0.2) is 4.79 Å². The Morgan fingerprint density at radius 3 is 2.12 bits per heavy atom. The lowest BCUT2D eigenvalue weighted by Crippen LogP contribution is -2.57. The molecule has 26 heavy (non-hydrogen) atoms. The van der Waals surface area contributed by atoms with Gasteiger partial charge in [-0.2, -0.15) is 24.4 Å². The number of aliphatic hydroxyl groups excluding tert-OH is 1. The average Bonchev–Trinajstić information content (AvgIpc) is 2.61. The highest BCUT2D eigenvalue weighted by molar-refractivity contribution is 7.98. The molecule has 0 aromatic heterocycles. The van der Waals surface area contributed by atoms with E-state index in [4.69, 9.17) is 15.9 Å². The van der Waals surface area contributed by atoms with Gasteiger partial charge in [0.25, 0.3) is 0 Å². The number of aliphatic carboxylic acids is 1. The minimum absolute atomic E-state index is 0.0600. The van der Waals surface area contributed by atoms with Gasteiger partial charge >= 0.3 is 5.97 Å². The predicted molar refractivity (Wildman–Crippen MR) is 101 cm³/mol. The van der Waals surface area contributed by atoms with Crippen LogP contribution in [0.25, 0.3) is 0 Å². The molecule has 0 heterocycles. The zero-order valence-corrected chi connectivity index (χ0v) is 16.3. The van der Waals surface area contributed by atoms with E-state index in [1.165, 1.54) is 18.7 Å². The lowest BCUT2D eigenvalue weighted by atomic mass is 10.2. The molecule has 10 nitrogen and oxygen atoms in total. The third-order valence-corrected chi connectivity index (χ3v) is 4.34. The van der Waals surface area contributed by atoms with Gasteiger partial charge in [-0.05, 0) is 25.4 Å². The monoisotopic (exact) mass is 410 g/mol. The van der Waals surface area contributed by atoms with Crippen LogP contribution in [0.3, 0.4) is 0 Å². The molecule has 0 saturated carbocycles. The second-order valence-corrected chi connectivity index (χ2v) is 6.79. The summed E-state index contributed by atoms with van der Waals surface area (Å²) < 4.78 is 0. The maximum absolute atomic E-state index is 12.1. The van der Waals surface area contributed by atoms with Crippen molar-refractivity contribution in [3.8, 4) is 0 Å². The van der Waals surface area contributed by atoms with Crippen molar-refractivity contribution in [2.24, 2.45) is 5.73 Å². The number of carboxylic acids is 1. The molecule has 0 aromatic carbocycles. The number of rotatable bonds is 12. The summed E-state index contributed by atoms with van der Waals surface area (Å²) in [6.07, 6.45) is 2.06. The zero-order chi connectivity index (χ0) is 20.3. The normalized spacial score (nSPS) is 15.3. The summed E-state index contributed by atoms with van der Waals surface area (Å²) in [5.74, 6) is -2.75. The lowest BCUT2D eigenvalue weighted by molar-refractivity contribution is -0.142. The molecule has 0 fully saturated rings. The Morgan fingerprint density at radius 1 is 1.08 bits per heavy atom. The molecule has 150 valence electrons. The molecule has 0 aliphatic rings. The zero-order valence-electron chi connectivity index (χ0n) is 14.6. The second-order valence-electron chi connectivity index (χ2n) is 5.44. The first-order valence-corrected chi connectivity index (χ1v) is 9.80. The lowest BCUT2D eigenvalue weighted by Gasteiger charge is -2.22. The second kappa shape index (κ2) is 12.8. The van der Waals surface area contributed by atoms with Crippen molar-refractivity contribution < 1.29 is 29.4 Å². The van der Waals surface area contributed by atoms with Crippen LogP contribution in [0.5, 0.6) is 0 Å². The van der Waals surface area contributed by atoms with Crippen LogP contribution >= 0.6 is 24.4 Å². The summed E-state index contributed by atoms with van der Waals surface area (Å²) in [4.78, 5) is 47.0. The van der Waals surface area contributed by atoms with Gasteiger partial charge in [-0.15, -0.1) is 0 Å². The van der Waals surface area contributed by atoms with E-state index in [2.05, 4.69) is 28.6 Å². The van der Waals surface area contributed by atoms with Gasteiger partial charge in [-0.3, -0.25) is 14.4 Å². The van der Waals surface area contributed by atoms with Gasteiger partial charge in [-0.1, -0.05) is 0 Å². The Bertz CT molecular complexity index is 508. The van der Waals surface area contributed by atoms with Crippen LogP contribution < -0.4 is 21.7 Å². The first kappa shape index (κ1) is 24.5. The number of hydrogen-bond acceptors (Lipinski definition) is 8. The fourth-order valence-electron chi connectivity index (χ4n) is 1.73. The number of amides is 3. The number of carbonyl (C=O) groups excluding carboxylic acids is 3. The Hall–Kier alpha value is -1.50. The van der Waals surface area contributed by atoms with E-state index in [9.17, 15) is 19.2 Å². The molecule has 0 aromatic rings. The summed E-state index contributed by atoms with van der Waals surface area (Å²) in [6.45, 7) is 0.801. The van der Waals surface area contributed by atoms with Gasteiger partial charge < -0.3 is 31.9 Å². The number of hydrogen-bond donors (Lipinski definition) is 7. The quantitative estimate of drug-likeness (QED) is 0.174. The fourth-order valence-corrected chi connectivity index (χ4v) is 2.45. The van der Waals surface area contributed by atoms with Crippen LogP contribution in [0.2, 0.25) is 0 Å². The van der Waals surface area contributed by atoms with E-state index >= 15 is 0 Å². The largest absolute Gasteiger partial charge is 0.480 e. The van der Waals surface area contributed by atoms with Gasteiger partial charge in [0.1, 0.15) is 24.2 Å². The smallest absolute Gasteiger partial charge is 0.326 e. The maximum Gasteiger partial charge on any atom is 0.326 e. The van der Waals surface area contributed by atoms with E-state index in [1.807, 2.05) is 6.26 Å². The summed E-state index contributed by atoms with van der Waals surface area (Å²) in [5, 5.41) is 25.0. The third-order valence-electron chi connectivity index (χ3n) is 3.33. The van der Waals surface area contributed by atoms with Crippen LogP contribution in [0, 0.1) is 0 Å². The highest BCUT2D eigenvalue weighted by Crippen LogP contribution is 2.02. The Balaban J connectivity index is 4.71. The van der Waals surface area contributed by atoms with Gasteiger partial charge in [0.15, 0.2) is 0 Å². The Morgan fingerprint density at radius 2 is 1.65 bits per heavy atom.